The standard InChI is InChI=1S/C13H25N3S/c1-6-10(2)16(5)8-7-14-11(3)13-9-17-12(4)15-13/h9-11,14H,6-8H2,1-5H3. The van der Waals surface area contributed by atoms with Crippen molar-refractivity contribution < 1.29 is 0 Å². The molecule has 0 saturated carbocycles. The fourth-order valence-electron chi connectivity index (χ4n) is 1.67. The first kappa shape index (κ1) is 14.6. The lowest BCUT2D eigenvalue weighted by molar-refractivity contribution is 0.249. The highest BCUT2D eigenvalue weighted by atomic mass is 32.1. The van der Waals surface area contributed by atoms with Crippen LogP contribution in [0.15, 0.2) is 5.38 Å². The van der Waals surface area contributed by atoms with E-state index in [1.165, 1.54) is 12.1 Å². The molecule has 2 unspecified atom stereocenters. The highest BCUT2D eigenvalue weighted by molar-refractivity contribution is 7.09. The van der Waals surface area contributed by atoms with Gasteiger partial charge in [0.1, 0.15) is 0 Å². The largest absolute Gasteiger partial charge is 0.308 e. The first-order valence-corrected chi connectivity index (χ1v) is 7.28. The Kier molecular flexibility index (Phi) is 6.09. The van der Waals surface area contributed by atoms with Crippen molar-refractivity contribution in [3.63, 3.8) is 0 Å². The Balaban J connectivity index is 2.27. The summed E-state index contributed by atoms with van der Waals surface area (Å²) in [6.07, 6.45) is 1.21. The zero-order valence-electron chi connectivity index (χ0n) is 11.7. The molecule has 1 N–H and O–H groups in total. The van der Waals surface area contributed by atoms with Crippen LogP contribution in [-0.4, -0.2) is 36.1 Å². The van der Waals surface area contributed by atoms with Crippen LogP contribution >= 0.6 is 11.3 Å². The average molecular weight is 255 g/mol. The Labute approximate surface area is 109 Å². The van der Waals surface area contributed by atoms with Crippen molar-refractivity contribution in [2.24, 2.45) is 0 Å². The molecule has 0 amide bonds. The van der Waals surface area contributed by atoms with Crippen molar-refractivity contribution in [3.8, 4) is 0 Å². The molecule has 2 atom stereocenters. The third kappa shape index (κ3) is 4.74. The first-order chi connectivity index (χ1) is 8.04. The van der Waals surface area contributed by atoms with E-state index in [0.29, 0.717) is 12.1 Å². The number of nitrogens with one attached hydrogen (secondary N) is 1. The maximum atomic E-state index is 4.50. The normalized spacial score (nSPS) is 15.2. The molecule has 0 aliphatic carbocycles. The Morgan fingerprint density at radius 3 is 2.71 bits per heavy atom. The molecule has 4 heteroatoms. The number of hydrogen-bond acceptors (Lipinski definition) is 4. The Bertz CT molecular complexity index is 324. The van der Waals surface area contributed by atoms with Gasteiger partial charge in [0.2, 0.25) is 0 Å². The Hall–Kier alpha value is -0.450. The third-order valence-electron chi connectivity index (χ3n) is 3.34. The van der Waals surface area contributed by atoms with Crippen LogP contribution in [0.2, 0.25) is 0 Å². The smallest absolute Gasteiger partial charge is 0.0898 e. The Morgan fingerprint density at radius 2 is 2.18 bits per heavy atom. The van der Waals surface area contributed by atoms with Crippen LogP contribution in [0.25, 0.3) is 0 Å². The van der Waals surface area contributed by atoms with E-state index < -0.39 is 0 Å². The van der Waals surface area contributed by atoms with Gasteiger partial charge in [0.25, 0.3) is 0 Å². The molecular formula is C13H25N3S. The van der Waals surface area contributed by atoms with Crippen LogP contribution < -0.4 is 5.32 Å². The fraction of sp³-hybridized carbons (Fsp3) is 0.769. The van der Waals surface area contributed by atoms with Gasteiger partial charge in [-0.1, -0.05) is 6.92 Å². The molecule has 1 aromatic heterocycles. The van der Waals surface area contributed by atoms with Gasteiger partial charge in [-0.3, -0.25) is 0 Å². The van der Waals surface area contributed by atoms with Crippen molar-refractivity contribution in [2.75, 3.05) is 20.1 Å². The molecule has 0 aliphatic rings. The van der Waals surface area contributed by atoms with Gasteiger partial charge in [0.15, 0.2) is 0 Å². The SMILES string of the molecule is CCC(C)N(C)CCNC(C)c1csc(C)n1. The molecule has 1 rings (SSSR count). The zero-order valence-corrected chi connectivity index (χ0v) is 12.5. The number of aryl methyl sites for hydroxylation is 1. The second kappa shape index (κ2) is 7.09. The number of thiazole rings is 1. The van der Waals surface area contributed by atoms with Gasteiger partial charge < -0.3 is 10.2 Å². The van der Waals surface area contributed by atoms with Gasteiger partial charge in [0, 0.05) is 30.6 Å². The van der Waals surface area contributed by atoms with E-state index in [9.17, 15) is 0 Å². The first-order valence-electron chi connectivity index (χ1n) is 6.40. The fourth-order valence-corrected chi connectivity index (χ4v) is 2.38. The summed E-state index contributed by atoms with van der Waals surface area (Å²) >= 11 is 1.72. The second-order valence-corrected chi connectivity index (χ2v) is 5.77. The summed E-state index contributed by atoms with van der Waals surface area (Å²) < 4.78 is 0. The molecule has 0 spiro atoms. The molecule has 17 heavy (non-hydrogen) atoms. The van der Waals surface area contributed by atoms with Crippen LogP contribution in [0.3, 0.4) is 0 Å². The minimum Gasteiger partial charge on any atom is -0.308 e. The van der Waals surface area contributed by atoms with Crippen LogP contribution in [0.5, 0.6) is 0 Å². The zero-order chi connectivity index (χ0) is 12.8. The maximum Gasteiger partial charge on any atom is 0.0898 e. The van der Waals surface area contributed by atoms with Crippen molar-refractivity contribution >= 4 is 11.3 Å². The highest BCUT2D eigenvalue weighted by Gasteiger charge is 2.09. The highest BCUT2D eigenvalue weighted by Crippen LogP contribution is 2.15. The van der Waals surface area contributed by atoms with E-state index in [4.69, 9.17) is 0 Å². The number of nitrogens with zero attached hydrogens (tertiary/aromatic N) is 2. The van der Waals surface area contributed by atoms with Crippen molar-refractivity contribution in [2.45, 2.75) is 46.2 Å². The minimum atomic E-state index is 0.352. The van der Waals surface area contributed by atoms with E-state index in [0.717, 1.165) is 18.1 Å². The lowest BCUT2D eigenvalue weighted by Gasteiger charge is -2.24. The number of likely N-dealkylation sites (N-methyl/N-ethyl adjacent to an activating group) is 1. The molecule has 0 fully saturated rings. The number of aromatic nitrogens is 1. The number of rotatable bonds is 7. The van der Waals surface area contributed by atoms with E-state index in [1.54, 1.807) is 11.3 Å². The Morgan fingerprint density at radius 1 is 1.47 bits per heavy atom. The van der Waals surface area contributed by atoms with Gasteiger partial charge in [-0.05, 0) is 34.2 Å². The molecule has 0 bridgehead atoms. The summed E-state index contributed by atoms with van der Waals surface area (Å²) in [6, 6.07) is 1.01. The van der Waals surface area contributed by atoms with Crippen LogP contribution in [0.1, 0.15) is 43.9 Å². The summed E-state index contributed by atoms with van der Waals surface area (Å²) in [5, 5.41) is 6.81. The lowest BCUT2D eigenvalue weighted by Crippen LogP contribution is -2.35. The van der Waals surface area contributed by atoms with Crippen molar-refractivity contribution in [1.29, 1.82) is 0 Å². The predicted octanol–water partition coefficient (Wildman–Crippen LogP) is 2.83. The number of hydrogen-bond donors (Lipinski definition) is 1. The van der Waals surface area contributed by atoms with Crippen molar-refractivity contribution in [3.05, 3.63) is 16.1 Å². The minimum absolute atomic E-state index is 0.352. The van der Waals surface area contributed by atoms with E-state index >= 15 is 0 Å². The molecule has 0 aromatic carbocycles. The summed E-state index contributed by atoms with van der Waals surface area (Å²) in [5.74, 6) is 0. The summed E-state index contributed by atoms with van der Waals surface area (Å²) in [7, 11) is 2.19. The maximum absolute atomic E-state index is 4.50. The van der Waals surface area contributed by atoms with Gasteiger partial charge in [-0.15, -0.1) is 11.3 Å². The van der Waals surface area contributed by atoms with Crippen LogP contribution in [-0.2, 0) is 0 Å². The molecule has 0 radical (unpaired) electrons. The average Bonchev–Trinajstić information content (AvgIpc) is 2.74. The lowest BCUT2D eigenvalue weighted by atomic mass is 10.2. The molecule has 1 aromatic rings. The van der Waals surface area contributed by atoms with Crippen LogP contribution in [0, 0.1) is 6.92 Å². The third-order valence-corrected chi connectivity index (χ3v) is 4.13. The topological polar surface area (TPSA) is 28.2 Å². The summed E-state index contributed by atoms with van der Waals surface area (Å²) in [4.78, 5) is 6.90. The second-order valence-electron chi connectivity index (χ2n) is 4.71. The van der Waals surface area contributed by atoms with E-state index in [2.05, 4.69) is 55.3 Å². The molecule has 3 nitrogen and oxygen atoms in total. The summed E-state index contributed by atoms with van der Waals surface area (Å²) in [6.45, 7) is 10.8. The van der Waals surface area contributed by atoms with Crippen LogP contribution in [0.4, 0.5) is 0 Å². The molecular weight excluding hydrogens is 230 g/mol. The summed E-state index contributed by atoms with van der Waals surface area (Å²) in [5.41, 5.74) is 1.17. The quantitative estimate of drug-likeness (QED) is 0.812. The molecule has 98 valence electrons. The van der Waals surface area contributed by atoms with E-state index in [-0.39, 0.29) is 0 Å². The molecule has 0 aliphatic heterocycles. The van der Waals surface area contributed by atoms with Gasteiger partial charge in [-0.2, -0.15) is 0 Å². The van der Waals surface area contributed by atoms with Gasteiger partial charge in [0.05, 0.1) is 10.7 Å². The monoisotopic (exact) mass is 255 g/mol. The predicted molar refractivity (Wildman–Crippen MR) is 75.7 cm³/mol. The van der Waals surface area contributed by atoms with Gasteiger partial charge in [-0.25, -0.2) is 4.98 Å². The van der Waals surface area contributed by atoms with Crippen molar-refractivity contribution in [1.82, 2.24) is 15.2 Å². The van der Waals surface area contributed by atoms with E-state index in [1.807, 2.05) is 0 Å². The molecule has 1 heterocycles. The molecule has 0 saturated heterocycles. The van der Waals surface area contributed by atoms with Gasteiger partial charge >= 0.3 is 0 Å².